The van der Waals surface area contributed by atoms with Crippen LogP contribution in [0.25, 0.3) is 0 Å². The Bertz CT molecular complexity index is 641. The molecule has 1 aliphatic heterocycles. The van der Waals surface area contributed by atoms with Crippen molar-refractivity contribution in [3.05, 3.63) is 29.1 Å². The van der Waals surface area contributed by atoms with Gasteiger partial charge in [0.1, 0.15) is 10.7 Å². The maximum absolute atomic E-state index is 13.7. The Morgan fingerprint density at radius 1 is 1.50 bits per heavy atom. The first-order chi connectivity index (χ1) is 9.29. The highest BCUT2D eigenvalue weighted by Crippen LogP contribution is 2.23. The van der Waals surface area contributed by atoms with E-state index in [2.05, 4.69) is 5.32 Å². The summed E-state index contributed by atoms with van der Waals surface area (Å²) in [6.07, 6.45) is 0.687. The van der Waals surface area contributed by atoms with Gasteiger partial charge in [-0.1, -0.05) is 0 Å². The van der Waals surface area contributed by atoms with E-state index < -0.39 is 25.7 Å². The Morgan fingerprint density at radius 2 is 2.20 bits per heavy atom. The predicted molar refractivity (Wildman–Crippen MR) is 70.9 cm³/mol. The van der Waals surface area contributed by atoms with Crippen molar-refractivity contribution in [2.45, 2.75) is 24.3 Å². The maximum atomic E-state index is 13.7. The summed E-state index contributed by atoms with van der Waals surface area (Å²) in [6, 6.07) is 2.10. The molecular weight excluding hydrogens is 309 g/mol. The fourth-order valence-corrected chi connectivity index (χ4v) is 2.94. The molecular formula is C12H13ClFNO4S. The van der Waals surface area contributed by atoms with Gasteiger partial charge in [-0.2, -0.15) is 0 Å². The van der Waals surface area contributed by atoms with E-state index in [4.69, 9.17) is 15.4 Å². The number of rotatable bonds is 3. The first kappa shape index (κ1) is 15.2. The minimum atomic E-state index is -4.25. The summed E-state index contributed by atoms with van der Waals surface area (Å²) < 4.78 is 41.5. The van der Waals surface area contributed by atoms with Gasteiger partial charge in [-0.15, -0.1) is 0 Å². The monoisotopic (exact) mass is 321 g/mol. The number of ether oxygens (including phenoxy) is 1. The summed E-state index contributed by atoms with van der Waals surface area (Å²) in [7, 11) is 0.917. The summed E-state index contributed by atoms with van der Waals surface area (Å²) >= 11 is 0. The van der Waals surface area contributed by atoms with Gasteiger partial charge < -0.3 is 10.1 Å². The van der Waals surface area contributed by atoms with Crippen molar-refractivity contribution < 1.29 is 22.3 Å². The van der Waals surface area contributed by atoms with Gasteiger partial charge in [0.15, 0.2) is 0 Å². The molecule has 1 atom stereocenters. The summed E-state index contributed by atoms with van der Waals surface area (Å²) in [5, 5.41) is 2.70. The van der Waals surface area contributed by atoms with Crippen molar-refractivity contribution in [1.82, 2.24) is 5.32 Å². The van der Waals surface area contributed by atoms with Crippen LogP contribution in [0.3, 0.4) is 0 Å². The Balaban J connectivity index is 2.32. The highest BCUT2D eigenvalue weighted by Gasteiger charge is 2.23. The minimum Gasteiger partial charge on any atom is -0.379 e. The Hall–Kier alpha value is -1.18. The molecule has 1 heterocycles. The van der Waals surface area contributed by atoms with Crippen LogP contribution >= 0.6 is 10.7 Å². The number of carbonyl (C=O) groups excluding carboxylic acids is 1. The van der Waals surface area contributed by atoms with Gasteiger partial charge in [0, 0.05) is 22.9 Å². The Labute approximate surface area is 120 Å². The molecule has 0 radical (unpaired) electrons. The third-order valence-electron chi connectivity index (χ3n) is 3.01. The second kappa shape index (κ2) is 5.67. The molecule has 1 N–H and O–H groups in total. The average molecular weight is 322 g/mol. The molecule has 1 amide bonds. The molecule has 1 fully saturated rings. The molecule has 5 nitrogen and oxygen atoms in total. The molecule has 0 saturated carbocycles. The average Bonchev–Trinajstić information content (AvgIpc) is 2.83. The van der Waals surface area contributed by atoms with E-state index in [0.717, 1.165) is 6.07 Å². The van der Waals surface area contributed by atoms with E-state index in [1.807, 2.05) is 0 Å². The van der Waals surface area contributed by atoms with Gasteiger partial charge in [-0.05, 0) is 31.0 Å². The topological polar surface area (TPSA) is 72.5 Å². The molecule has 110 valence electrons. The second-order valence-electron chi connectivity index (χ2n) is 4.58. The zero-order valence-corrected chi connectivity index (χ0v) is 12.2. The number of carbonyl (C=O) groups is 1. The van der Waals surface area contributed by atoms with Gasteiger partial charge in [-0.3, -0.25) is 4.79 Å². The van der Waals surface area contributed by atoms with Crippen molar-refractivity contribution in [2.24, 2.45) is 0 Å². The lowest BCUT2D eigenvalue weighted by Gasteiger charge is -2.12. The van der Waals surface area contributed by atoms with E-state index in [9.17, 15) is 17.6 Å². The van der Waals surface area contributed by atoms with Crippen LogP contribution in [0.5, 0.6) is 0 Å². The van der Waals surface area contributed by atoms with E-state index in [1.54, 1.807) is 0 Å². The number of aryl methyl sites for hydroxylation is 1. The van der Waals surface area contributed by atoms with Crippen molar-refractivity contribution in [3.8, 4) is 0 Å². The molecule has 1 saturated heterocycles. The Morgan fingerprint density at radius 3 is 2.75 bits per heavy atom. The molecule has 1 aromatic rings. The van der Waals surface area contributed by atoms with Gasteiger partial charge in [0.2, 0.25) is 0 Å². The van der Waals surface area contributed by atoms with E-state index in [-0.39, 0.29) is 17.2 Å². The molecule has 0 bridgehead atoms. The van der Waals surface area contributed by atoms with Crippen LogP contribution in [0.1, 0.15) is 22.3 Å². The summed E-state index contributed by atoms with van der Waals surface area (Å²) in [4.78, 5) is 11.3. The lowest BCUT2D eigenvalue weighted by atomic mass is 10.1. The van der Waals surface area contributed by atoms with Crippen molar-refractivity contribution >= 4 is 25.6 Å². The molecule has 1 aromatic carbocycles. The standard InChI is InChI=1S/C12H13ClFNO4S/c1-7-4-8(5-10(11(7)14)20(13,17)18)12(16)15-9-2-3-19-6-9/h4-5,9H,2-3,6H2,1H3,(H,15,16). The van der Waals surface area contributed by atoms with Gasteiger partial charge in [0.05, 0.1) is 12.6 Å². The van der Waals surface area contributed by atoms with E-state index >= 15 is 0 Å². The minimum absolute atomic E-state index is 0.0412. The molecule has 0 aliphatic carbocycles. The van der Waals surface area contributed by atoms with Crippen molar-refractivity contribution in [3.63, 3.8) is 0 Å². The number of amides is 1. The van der Waals surface area contributed by atoms with Crippen LogP contribution in [0, 0.1) is 12.7 Å². The highest BCUT2D eigenvalue weighted by atomic mass is 35.7. The summed E-state index contributed by atoms with van der Waals surface area (Å²) in [5.41, 5.74) is 0.0922. The highest BCUT2D eigenvalue weighted by molar-refractivity contribution is 8.13. The number of hydrogen-bond donors (Lipinski definition) is 1. The lowest BCUT2D eigenvalue weighted by Crippen LogP contribution is -2.35. The fraction of sp³-hybridized carbons (Fsp3) is 0.417. The fourth-order valence-electron chi connectivity index (χ4n) is 1.96. The summed E-state index contributed by atoms with van der Waals surface area (Å²) in [5.74, 6) is -1.43. The Kier molecular flexibility index (Phi) is 4.31. The molecule has 20 heavy (non-hydrogen) atoms. The number of hydrogen-bond acceptors (Lipinski definition) is 4. The quantitative estimate of drug-likeness (QED) is 0.858. The first-order valence-electron chi connectivity index (χ1n) is 5.92. The smallest absolute Gasteiger partial charge is 0.264 e. The molecule has 1 aliphatic rings. The zero-order valence-electron chi connectivity index (χ0n) is 10.7. The van der Waals surface area contributed by atoms with Crippen LogP contribution in [-0.4, -0.2) is 33.6 Å². The third kappa shape index (κ3) is 3.28. The molecule has 0 aromatic heterocycles. The first-order valence-corrected chi connectivity index (χ1v) is 8.23. The number of nitrogens with one attached hydrogen (secondary N) is 1. The SMILES string of the molecule is Cc1cc(C(=O)NC2CCOC2)cc(S(=O)(=O)Cl)c1F. The molecule has 2 rings (SSSR count). The predicted octanol–water partition coefficient (Wildman–Crippen LogP) is 1.58. The van der Waals surface area contributed by atoms with Gasteiger partial charge in [-0.25, -0.2) is 12.8 Å². The van der Waals surface area contributed by atoms with Gasteiger partial charge >= 0.3 is 0 Å². The summed E-state index contributed by atoms with van der Waals surface area (Å²) in [6.45, 7) is 2.34. The normalized spacial score (nSPS) is 19.1. The lowest BCUT2D eigenvalue weighted by molar-refractivity contribution is 0.0929. The van der Waals surface area contributed by atoms with Crippen LogP contribution in [-0.2, 0) is 13.8 Å². The molecule has 0 spiro atoms. The maximum Gasteiger partial charge on any atom is 0.264 e. The van der Waals surface area contributed by atoms with Crippen LogP contribution in [0.2, 0.25) is 0 Å². The van der Waals surface area contributed by atoms with E-state index in [0.29, 0.717) is 19.6 Å². The van der Waals surface area contributed by atoms with Crippen molar-refractivity contribution in [1.29, 1.82) is 0 Å². The van der Waals surface area contributed by atoms with Crippen LogP contribution in [0.4, 0.5) is 4.39 Å². The van der Waals surface area contributed by atoms with E-state index in [1.165, 1.54) is 13.0 Å². The zero-order chi connectivity index (χ0) is 14.9. The number of halogens is 2. The van der Waals surface area contributed by atoms with Crippen LogP contribution < -0.4 is 5.32 Å². The molecule has 1 unspecified atom stereocenters. The number of benzene rings is 1. The van der Waals surface area contributed by atoms with Crippen LogP contribution in [0.15, 0.2) is 17.0 Å². The molecule has 8 heteroatoms. The van der Waals surface area contributed by atoms with Crippen molar-refractivity contribution in [2.75, 3.05) is 13.2 Å². The second-order valence-corrected chi connectivity index (χ2v) is 7.11. The van der Waals surface area contributed by atoms with Gasteiger partial charge in [0.25, 0.3) is 15.0 Å². The largest absolute Gasteiger partial charge is 0.379 e. The third-order valence-corrected chi connectivity index (χ3v) is 4.33.